The summed E-state index contributed by atoms with van der Waals surface area (Å²) < 4.78 is 0. The van der Waals surface area contributed by atoms with Gasteiger partial charge in [0.2, 0.25) is 0 Å². The summed E-state index contributed by atoms with van der Waals surface area (Å²) >= 11 is 0. The van der Waals surface area contributed by atoms with Gasteiger partial charge in [-0.25, -0.2) is 24.3 Å². The quantitative estimate of drug-likeness (QED) is 0.379. The smallest absolute Gasteiger partial charge is 1.00 e. The van der Waals surface area contributed by atoms with Crippen LogP contribution in [0.2, 0.25) is 13.1 Å². The molecule has 0 aliphatic carbocycles. The molecule has 0 aromatic heterocycles. The first kappa shape index (κ1) is 32.1. The van der Waals surface area contributed by atoms with Gasteiger partial charge in [-0.05, 0) is 0 Å². The van der Waals surface area contributed by atoms with E-state index < -0.39 is 0 Å². The molecule has 0 fully saturated rings. The summed E-state index contributed by atoms with van der Waals surface area (Å²) in [6.07, 6.45) is 0. The van der Waals surface area contributed by atoms with Crippen LogP contribution < -0.4 is 24.8 Å². The second kappa shape index (κ2) is 15.6. The van der Waals surface area contributed by atoms with Crippen LogP contribution in [-0.2, 0) is 37.0 Å². The van der Waals surface area contributed by atoms with Crippen molar-refractivity contribution in [1.82, 2.24) is 0 Å². The van der Waals surface area contributed by atoms with Gasteiger partial charge in [0.1, 0.15) is 0 Å². The molecule has 24 heavy (non-hydrogen) atoms. The van der Waals surface area contributed by atoms with Gasteiger partial charge >= 0.3 is 26.2 Å². The fourth-order valence-electron chi connectivity index (χ4n) is 1.75. The van der Waals surface area contributed by atoms with E-state index in [0.29, 0.717) is 10.8 Å². The minimum Gasteiger partial charge on any atom is -1.00 e. The molecule has 0 saturated carbocycles. The van der Waals surface area contributed by atoms with Crippen LogP contribution >= 0.6 is 0 Å². The molecule has 1 radical (unpaired) electrons. The zero-order valence-corrected chi connectivity index (χ0v) is 21.6. The molecule has 0 spiro atoms. The first-order valence-corrected chi connectivity index (χ1v) is 10.1. The largest absolute Gasteiger partial charge is 4.00 e. The third kappa shape index (κ3) is 14.7. The third-order valence-corrected chi connectivity index (χ3v) is 3.06. The topological polar surface area (TPSA) is 0 Å². The summed E-state index contributed by atoms with van der Waals surface area (Å²) in [7, 11) is 0.750. The second-order valence-electron chi connectivity index (χ2n) is 7.42. The SMILES string of the molecule is CC(C)(C)[c-]1cccc1.CC(C)(C)[c-]1cccc1.C[SiH]C.[Cl-].[Cl-].[Zr+4]. The van der Waals surface area contributed by atoms with Crippen molar-refractivity contribution in [3.8, 4) is 0 Å². The van der Waals surface area contributed by atoms with Crippen LogP contribution in [0.3, 0.4) is 0 Å². The van der Waals surface area contributed by atoms with Crippen molar-refractivity contribution in [3.05, 3.63) is 59.7 Å². The van der Waals surface area contributed by atoms with Crippen molar-refractivity contribution in [2.24, 2.45) is 0 Å². The van der Waals surface area contributed by atoms with Crippen molar-refractivity contribution in [3.63, 3.8) is 0 Å². The maximum absolute atomic E-state index is 2.22. The molecule has 0 nitrogen and oxygen atoms in total. The van der Waals surface area contributed by atoms with Gasteiger partial charge in [0.25, 0.3) is 0 Å². The van der Waals surface area contributed by atoms with Crippen LogP contribution in [0, 0.1) is 0 Å². The van der Waals surface area contributed by atoms with Gasteiger partial charge in [-0.3, -0.25) is 0 Å². The standard InChI is InChI=1S/2C9H13.C2H7Si.2ClH.Zr/c2*1-9(2,3)8-6-4-5-7-8;1-3-2;;;/h2*4-7H,1-3H3;3H,1-2H3;2*1H;/q2*-1;;;;+4/p-2. The molecule has 0 aliphatic rings. The van der Waals surface area contributed by atoms with Crippen LogP contribution in [-0.4, -0.2) is 9.52 Å². The molecule has 0 N–H and O–H groups in total. The van der Waals surface area contributed by atoms with E-state index in [1.807, 2.05) is 0 Å². The number of rotatable bonds is 0. The summed E-state index contributed by atoms with van der Waals surface area (Å²) in [6.45, 7) is 17.8. The molecule has 2 aromatic carbocycles. The Morgan fingerprint density at radius 2 is 0.750 bits per heavy atom. The molecule has 0 bridgehead atoms. The van der Waals surface area contributed by atoms with Crippen molar-refractivity contribution >= 4 is 9.52 Å². The average Bonchev–Trinajstić information content (AvgIpc) is 3.03. The number of hydrogen-bond donors (Lipinski definition) is 0. The Morgan fingerprint density at radius 1 is 0.583 bits per heavy atom. The summed E-state index contributed by atoms with van der Waals surface area (Å²) in [5.41, 5.74) is 3.48. The van der Waals surface area contributed by atoms with E-state index in [2.05, 4.69) is 103 Å². The van der Waals surface area contributed by atoms with E-state index in [4.69, 9.17) is 0 Å². The third-order valence-electron chi connectivity index (χ3n) is 3.06. The Balaban J connectivity index is -0.000000130. The van der Waals surface area contributed by atoms with Gasteiger partial charge in [-0.2, -0.15) is 35.4 Å². The maximum atomic E-state index is 2.22. The van der Waals surface area contributed by atoms with Crippen molar-refractivity contribution in [2.45, 2.75) is 65.5 Å². The Morgan fingerprint density at radius 3 is 0.833 bits per heavy atom. The summed E-state index contributed by atoms with van der Waals surface area (Å²) in [6, 6.07) is 17.0. The molecule has 0 aliphatic heterocycles. The molecule has 2 aromatic rings. The van der Waals surface area contributed by atoms with Crippen molar-refractivity contribution < 1.29 is 51.0 Å². The predicted molar refractivity (Wildman–Crippen MR) is 100 cm³/mol. The first-order chi connectivity index (χ1) is 9.62. The van der Waals surface area contributed by atoms with E-state index in [1.165, 1.54) is 11.1 Å². The Labute approximate surface area is 184 Å². The van der Waals surface area contributed by atoms with Crippen LogP contribution in [0.4, 0.5) is 0 Å². The molecule has 0 atom stereocenters. The molecular weight excluding hydrogens is 430 g/mol. The minimum atomic E-state index is 0. The number of halogens is 2. The van der Waals surface area contributed by atoms with Gasteiger partial charge in [-0.15, -0.1) is 0 Å². The zero-order chi connectivity index (χ0) is 16.5. The van der Waals surface area contributed by atoms with Gasteiger partial charge in [-0.1, -0.05) is 65.5 Å². The molecule has 0 amide bonds. The maximum Gasteiger partial charge on any atom is 4.00 e. The second-order valence-corrected chi connectivity index (χ2v) is 8.58. The van der Waals surface area contributed by atoms with E-state index in [0.717, 1.165) is 9.52 Å². The van der Waals surface area contributed by atoms with Crippen molar-refractivity contribution in [2.75, 3.05) is 0 Å². The first-order valence-electron chi connectivity index (χ1n) is 7.81. The normalized spacial score (nSPS) is 9.67. The van der Waals surface area contributed by atoms with E-state index in [1.54, 1.807) is 0 Å². The molecular formula is C20H33Cl2SiZr. The monoisotopic (exact) mass is 461 g/mol. The fourth-order valence-corrected chi connectivity index (χ4v) is 1.75. The predicted octanol–water partition coefficient (Wildman–Crippen LogP) is -0.0694. The molecule has 135 valence electrons. The Hall–Kier alpha value is 0.380. The molecule has 0 heterocycles. The van der Waals surface area contributed by atoms with Gasteiger partial charge in [0.05, 0.1) is 0 Å². The van der Waals surface area contributed by atoms with Gasteiger partial charge in [0, 0.05) is 9.52 Å². The average molecular weight is 464 g/mol. The summed E-state index contributed by atoms with van der Waals surface area (Å²) in [5.74, 6) is 0. The molecule has 4 heteroatoms. The zero-order valence-electron chi connectivity index (χ0n) is 16.5. The summed E-state index contributed by atoms with van der Waals surface area (Å²) in [4.78, 5) is 0. The van der Waals surface area contributed by atoms with Gasteiger partial charge in [0.15, 0.2) is 0 Å². The fraction of sp³-hybridized carbons (Fsp3) is 0.500. The van der Waals surface area contributed by atoms with Gasteiger partial charge < -0.3 is 24.8 Å². The number of hydrogen-bond acceptors (Lipinski definition) is 0. The van der Waals surface area contributed by atoms with E-state index in [-0.39, 0.29) is 51.0 Å². The van der Waals surface area contributed by atoms with Crippen LogP contribution in [0.1, 0.15) is 52.7 Å². The van der Waals surface area contributed by atoms with Crippen LogP contribution in [0.25, 0.3) is 0 Å². The molecule has 2 rings (SSSR count). The molecule has 0 saturated heterocycles. The van der Waals surface area contributed by atoms with E-state index >= 15 is 0 Å². The Kier molecular flexibility index (Phi) is 20.9. The minimum absolute atomic E-state index is 0. The summed E-state index contributed by atoms with van der Waals surface area (Å²) in [5, 5.41) is 0. The Bertz CT molecular complexity index is 405. The molecule has 0 unspecified atom stereocenters. The van der Waals surface area contributed by atoms with Crippen LogP contribution in [0.15, 0.2) is 48.5 Å². The van der Waals surface area contributed by atoms with E-state index in [9.17, 15) is 0 Å². The van der Waals surface area contributed by atoms with Crippen molar-refractivity contribution in [1.29, 1.82) is 0 Å². The van der Waals surface area contributed by atoms with Crippen LogP contribution in [0.5, 0.6) is 0 Å².